The van der Waals surface area contributed by atoms with Gasteiger partial charge in [-0.15, -0.1) is 0 Å². The lowest BCUT2D eigenvalue weighted by atomic mass is 9.99. The number of carbonyl (C=O) groups excluding carboxylic acids is 12. The molecule has 1 aliphatic rings. The maximum Gasteiger partial charge on any atom is 0.327 e. The highest BCUT2D eigenvalue weighted by Crippen LogP contribution is 2.23. The molecule has 0 radical (unpaired) electrons. The van der Waals surface area contributed by atoms with E-state index < -0.39 is 168 Å². The fourth-order valence-electron chi connectivity index (χ4n) is 11.1. The fraction of sp³-hybridized carbons (Fsp3) is 0.536. The minimum atomic E-state index is -1.74. The van der Waals surface area contributed by atoms with Gasteiger partial charge in [-0.25, -0.2) is 4.79 Å². The van der Waals surface area contributed by atoms with Crippen LogP contribution in [0.4, 0.5) is 0 Å². The third-order valence-electron chi connectivity index (χ3n) is 16.9. The topological polar surface area (TPSA) is 517 Å². The number of carboxylic acids is 1. The number of benzene rings is 3. The molecule has 104 heavy (non-hydrogen) atoms. The summed E-state index contributed by atoms with van der Waals surface area (Å²) in [6.07, 6.45) is -0.568. The van der Waals surface area contributed by atoms with Crippen LogP contribution in [0.15, 0.2) is 89.9 Å². The molecule has 0 saturated carbocycles. The molecule has 0 spiro atoms. The summed E-state index contributed by atoms with van der Waals surface area (Å²) in [6.45, 7) is 6.06. The summed E-state index contributed by atoms with van der Waals surface area (Å²) in [5, 5.41) is 53.3. The number of carbonyl (C=O) groups is 13. The van der Waals surface area contributed by atoms with Gasteiger partial charge in [-0.3, -0.25) is 62.5 Å². The number of nitrogens with zero attached hydrogens (tertiary/aromatic N) is 4. The number of aliphatic carboxylic acids is 1. The molecule has 3 aromatic rings. The molecule has 572 valence electrons. The molecule has 20 N–H and O–H groups in total. The van der Waals surface area contributed by atoms with E-state index in [2.05, 4.69) is 78.1 Å². The van der Waals surface area contributed by atoms with E-state index in [0.717, 1.165) is 9.80 Å². The van der Waals surface area contributed by atoms with Crippen LogP contribution in [-0.4, -0.2) is 243 Å². The Labute approximate surface area is 615 Å². The molecule has 0 aromatic heterocycles. The summed E-state index contributed by atoms with van der Waals surface area (Å²) >= 11 is 8.59. The number of aliphatic hydroxyl groups is 1. The summed E-state index contributed by atoms with van der Waals surface area (Å²) in [7, 11) is 2.64. The summed E-state index contributed by atoms with van der Waals surface area (Å²) in [4.78, 5) is 187. The van der Waals surface area contributed by atoms with Crippen molar-refractivity contribution in [2.45, 2.75) is 170 Å². The number of aromatic hydroxyl groups is 1. The van der Waals surface area contributed by atoms with Gasteiger partial charge < -0.3 is 101 Å². The van der Waals surface area contributed by atoms with Gasteiger partial charge in [0.15, 0.2) is 5.96 Å². The number of guanidine groups is 1. The third kappa shape index (κ3) is 28.9. The number of thiol groups is 2. The molecular weight excluding hydrogens is 1390 g/mol. The van der Waals surface area contributed by atoms with E-state index in [0.29, 0.717) is 29.5 Å². The van der Waals surface area contributed by atoms with Crippen molar-refractivity contribution in [2.75, 3.05) is 59.1 Å². The molecule has 4 rings (SSSR count). The number of likely N-dealkylation sites (tertiary alicyclic amines) is 1. The highest BCUT2D eigenvalue weighted by Gasteiger charge is 2.42. The van der Waals surface area contributed by atoms with Crippen LogP contribution in [0.5, 0.6) is 5.75 Å². The molecule has 12 amide bonds. The van der Waals surface area contributed by atoms with Crippen molar-refractivity contribution in [2.24, 2.45) is 33.8 Å². The van der Waals surface area contributed by atoms with E-state index in [1.165, 1.54) is 51.9 Å². The molecule has 1 saturated heterocycles. The monoisotopic (exact) mass is 1490 g/mol. The van der Waals surface area contributed by atoms with E-state index in [1.807, 2.05) is 0 Å². The Morgan fingerprint density at radius 2 is 1.19 bits per heavy atom. The Kier molecular flexibility index (Phi) is 35.8. The van der Waals surface area contributed by atoms with Crippen LogP contribution in [0.3, 0.4) is 0 Å². The molecule has 0 bridgehead atoms. The number of hydrogen-bond acceptors (Lipinski definition) is 20. The Balaban J connectivity index is 1.44. The molecule has 35 heteroatoms. The van der Waals surface area contributed by atoms with Gasteiger partial charge in [-0.1, -0.05) is 86.6 Å². The van der Waals surface area contributed by atoms with Gasteiger partial charge in [-0.05, 0) is 107 Å². The second kappa shape index (κ2) is 42.9. The van der Waals surface area contributed by atoms with E-state index in [9.17, 15) is 77.6 Å². The van der Waals surface area contributed by atoms with E-state index in [4.69, 9.17) is 22.9 Å². The van der Waals surface area contributed by atoms with Gasteiger partial charge in [0.05, 0.1) is 31.8 Å². The summed E-state index contributed by atoms with van der Waals surface area (Å²) < 4.78 is -1.35. The number of amides is 12. The average molecular weight is 1490 g/mol. The maximum absolute atomic E-state index is 14.5. The first-order valence-electron chi connectivity index (χ1n) is 34.1. The molecule has 0 unspecified atom stereocenters. The number of rotatable bonds is 42. The lowest BCUT2D eigenvalue weighted by Crippen LogP contribution is -2.63. The number of nitrogens with two attached hydrogens (primary N) is 4. The van der Waals surface area contributed by atoms with Gasteiger partial charge in [0.25, 0.3) is 0 Å². The number of carboxylic acid groups (broad SMARTS) is 1. The minimum absolute atomic E-state index is 0.0325. The quantitative estimate of drug-likeness (QED) is 0.0114. The maximum atomic E-state index is 14.5. The van der Waals surface area contributed by atoms with Crippen LogP contribution >= 0.6 is 25.3 Å². The molecule has 11 atom stereocenters. The largest absolute Gasteiger partial charge is 0.508 e. The number of phenolic OH excluding ortho intramolecular Hbond substituents is 1. The van der Waals surface area contributed by atoms with E-state index in [-0.39, 0.29) is 94.4 Å². The molecule has 1 aliphatic heterocycles. The number of likely N-dealkylation sites (N-methyl/N-ethyl adjacent to an activating group) is 2. The fourth-order valence-corrected chi connectivity index (χ4v) is 11.5. The lowest BCUT2D eigenvalue weighted by molar-refractivity contribution is -0.146. The summed E-state index contributed by atoms with van der Waals surface area (Å²) in [6, 6.07) is 9.71. The van der Waals surface area contributed by atoms with Crippen molar-refractivity contribution in [1.82, 2.24) is 62.6 Å². The van der Waals surface area contributed by atoms with Crippen LogP contribution in [0, 0.1) is 5.92 Å². The molecular formula is C69H103N17O16S2. The minimum Gasteiger partial charge on any atom is -0.508 e. The number of aliphatic imine (C=N–C) groups is 1. The highest BCUT2D eigenvalue weighted by molar-refractivity contribution is 7.81. The van der Waals surface area contributed by atoms with Gasteiger partial charge in [0.1, 0.15) is 60.1 Å². The zero-order chi connectivity index (χ0) is 77.5. The van der Waals surface area contributed by atoms with Crippen LogP contribution in [0.25, 0.3) is 0 Å². The van der Waals surface area contributed by atoms with Crippen LogP contribution < -0.4 is 70.8 Å². The van der Waals surface area contributed by atoms with E-state index in [1.54, 1.807) is 86.6 Å². The second-order valence-electron chi connectivity index (χ2n) is 26.5. The van der Waals surface area contributed by atoms with Gasteiger partial charge in [0.2, 0.25) is 70.9 Å². The standard InChI is InChI=1S/C69H103N17O16S2/c1-39(2)31-52(63(97)80-49(34-43-24-26-44(88)27-25-43)66(100)86-30-16-23-51(86)62(96)81-50(38-103)67(101)102)85(7)55(91)37-84(6)54(90)36-76-59(93)47(32-41-17-10-8-11-18-41)79-60(94)46(22-14-28-70)77-53(89)35-75-64(98)56(40(3)87)82-65(99)57(69(4,5)104)83-61(95)48(33-42-19-12-9-13-20-42)78-58(92)45(71)21-15-29-74-68(72)73/h8-13,17-20,24-27,39-40,45-52,56-57,87-88,103-104H,14-16,21-23,28-38,70-71H2,1-7H3,(H,75,98)(H,76,93)(H,77,89)(H,78,92)(H,79,94)(H,80,97)(H,81,96)(H,82,99)(H,83,95)(H,101,102)(H4,72,73,74)/t40-,45+,46+,47+,48+,49+,50+,51+,52+,56+,57-/m1/s1. The van der Waals surface area contributed by atoms with Gasteiger partial charge in [-0.2, -0.15) is 25.3 Å². The predicted molar refractivity (Wildman–Crippen MR) is 392 cm³/mol. The van der Waals surface area contributed by atoms with Crippen molar-refractivity contribution < 1.29 is 77.6 Å². The summed E-state index contributed by atoms with van der Waals surface area (Å²) in [5.41, 5.74) is 24.5. The van der Waals surface area contributed by atoms with E-state index >= 15 is 0 Å². The lowest BCUT2D eigenvalue weighted by Gasteiger charge is -2.33. The predicted octanol–water partition coefficient (Wildman–Crippen LogP) is -3.41. The van der Waals surface area contributed by atoms with Crippen LogP contribution in [-0.2, 0) is 81.6 Å². The number of hydrogen-bond donors (Lipinski definition) is 18. The molecule has 0 aliphatic carbocycles. The first-order valence-corrected chi connectivity index (χ1v) is 35.2. The Hall–Kier alpha value is -9.58. The summed E-state index contributed by atoms with van der Waals surface area (Å²) in [5.74, 6) is -11.7. The first-order chi connectivity index (χ1) is 49.0. The third-order valence-corrected chi connectivity index (χ3v) is 17.5. The van der Waals surface area contributed by atoms with Crippen molar-refractivity contribution in [3.05, 3.63) is 102 Å². The van der Waals surface area contributed by atoms with Crippen molar-refractivity contribution in [3.63, 3.8) is 0 Å². The number of nitrogens with one attached hydrogen (secondary N) is 9. The van der Waals surface area contributed by atoms with Crippen LogP contribution in [0.2, 0.25) is 0 Å². The Bertz CT molecular complexity index is 3440. The van der Waals surface area contributed by atoms with Gasteiger partial charge in [0, 0.05) is 56.9 Å². The van der Waals surface area contributed by atoms with Crippen molar-refractivity contribution >= 4 is 108 Å². The highest BCUT2D eigenvalue weighted by atomic mass is 32.1. The van der Waals surface area contributed by atoms with Crippen LogP contribution in [0.1, 0.15) is 96.3 Å². The van der Waals surface area contributed by atoms with Crippen molar-refractivity contribution in [3.8, 4) is 5.75 Å². The zero-order valence-corrected chi connectivity index (χ0v) is 61.5. The molecule has 3 aromatic carbocycles. The zero-order valence-electron chi connectivity index (χ0n) is 59.7. The number of phenols is 1. The Morgan fingerprint density at radius 3 is 1.74 bits per heavy atom. The average Bonchev–Trinajstić information content (AvgIpc) is 1.39. The normalized spacial score (nSPS) is 15.6. The number of aliphatic hydroxyl groups excluding tert-OH is 1. The SMILES string of the molecule is CC(C)C[C@@H](C(=O)N[C@@H](Cc1ccc(O)cc1)C(=O)N1CCC[C@H]1C(=O)N[C@@H](CS)C(=O)O)N(C)C(=O)CN(C)C(=O)CNC(=O)[C@H](Cc1ccccc1)NC(=O)[C@H](CCCN)NC(=O)CNC(=O)[C@@H](NC(=O)[C@@H](NC(=O)[C@H](Cc1ccccc1)NC(=O)[C@@H](N)CCCN=C(N)N)C(C)(C)S)[C@@H](C)O. The van der Waals surface area contributed by atoms with Gasteiger partial charge >= 0.3 is 5.97 Å². The van der Waals surface area contributed by atoms with Crippen molar-refractivity contribution in [1.29, 1.82) is 0 Å². The smallest absolute Gasteiger partial charge is 0.327 e. The second-order valence-corrected chi connectivity index (χ2v) is 28.0. The molecule has 33 nitrogen and oxygen atoms in total. The first kappa shape index (κ1) is 86.8. The molecule has 1 heterocycles. The molecule has 1 fully saturated rings. The Morgan fingerprint density at radius 1 is 0.644 bits per heavy atom.